The normalized spacial score (nSPS) is 21.5. The van der Waals surface area contributed by atoms with E-state index < -0.39 is 4.92 Å². The molecule has 8 heteroatoms. The number of rotatable bonds is 2. The Morgan fingerprint density at radius 3 is 2.76 bits per heavy atom. The zero-order valence-electron chi connectivity index (χ0n) is 11.9. The Bertz CT molecular complexity index is 552. The Morgan fingerprint density at radius 2 is 2.14 bits per heavy atom. The van der Waals surface area contributed by atoms with Crippen molar-refractivity contribution in [1.29, 1.82) is 0 Å². The fraction of sp³-hybridized carbons (Fsp3) is 0.462. The van der Waals surface area contributed by atoms with E-state index >= 15 is 0 Å². The van der Waals surface area contributed by atoms with Gasteiger partial charge < -0.3 is 16.0 Å². The van der Waals surface area contributed by atoms with Gasteiger partial charge in [-0.15, -0.1) is 12.4 Å². The largest absolute Gasteiger partial charge is 0.393 e. The quantitative estimate of drug-likeness (QED) is 0.488. The molecule has 1 aromatic rings. The van der Waals surface area contributed by atoms with E-state index in [9.17, 15) is 14.9 Å². The highest BCUT2D eigenvalue weighted by molar-refractivity contribution is 5.96. The number of carbonyl (C=O) groups excluding carboxylic acids is 1. The van der Waals surface area contributed by atoms with Crippen LogP contribution in [0.4, 0.5) is 11.4 Å². The van der Waals surface area contributed by atoms with Crippen molar-refractivity contribution >= 4 is 29.7 Å². The highest BCUT2D eigenvalue weighted by atomic mass is 35.5. The van der Waals surface area contributed by atoms with Gasteiger partial charge in [0.1, 0.15) is 5.69 Å². The number of nitrogen functional groups attached to an aromatic ring is 1. The van der Waals surface area contributed by atoms with Crippen LogP contribution in [0.3, 0.4) is 0 Å². The first-order valence-corrected chi connectivity index (χ1v) is 6.50. The van der Waals surface area contributed by atoms with Crippen LogP contribution in [-0.2, 0) is 0 Å². The predicted octanol–water partition coefficient (Wildman–Crippen LogP) is 1.42. The number of nitro groups is 1. The Hall–Kier alpha value is -1.86. The van der Waals surface area contributed by atoms with E-state index in [1.807, 2.05) is 13.8 Å². The number of anilines is 1. The lowest BCUT2D eigenvalue weighted by Crippen LogP contribution is -2.57. The summed E-state index contributed by atoms with van der Waals surface area (Å²) in [5, 5.41) is 14.2. The van der Waals surface area contributed by atoms with Crippen molar-refractivity contribution in [1.82, 2.24) is 10.2 Å². The molecule has 1 aliphatic heterocycles. The molecule has 1 amide bonds. The molecular weight excluding hydrogens is 296 g/mol. The Balaban J connectivity index is 0.00000220. The summed E-state index contributed by atoms with van der Waals surface area (Å²) < 4.78 is 0. The fourth-order valence-corrected chi connectivity index (χ4v) is 2.34. The molecule has 1 aromatic carbocycles. The van der Waals surface area contributed by atoms with Crippen molar-refractivity contribution in [2.45, 2.75) is 25.9 Å². The smallest absolute Gasteiger partial charge is 0.292 e. The molecule has 0 bridgehead atoms. The highest BCUT2D eigenvalue weighted by Gasteiger charge is 2.29. The molecular formula is C13H19ClN4O3. The van der Waals surface area contributed by atoms with Crippen molar-refractivity contribution < 1.29 is 9.72 Å². The van der Waals surface area contributed by atoms with Gasteiger partial charge in [0.2, 0.25) is 0 Å². The van der Waals surface area contributed by atoms with Crippen LogP contribution in [0.15, 0.2) is 18.2 Å². The average molecular weight is 315 g/mol. The molecule has 0 aromatic heterocycles. The third-order valence-electron chi connectivity index (χ3n) is 3.77. The average Bonchev–Trinajstić information content (AvgIpc) is 2.41. The van der Waals surface area contributed by atoms with Crippen molar-refractivity contribution in [3.63, 3.8) is 0 Å². The van der Waals surface area contributed by atoms with Gasteiger partial charge in [-0.25, -0.2) is 0 Å². The summed E-state index contributed by atoms with van der Waals surface area (Å²) in [6.07, 6.45) is 0. The van der Waals surface area contributed by atoms with Crippen molar-refractivity contribution in [2.24, 2.45) is 0 Å². The monoisotopic (exact) mass is 314 g/mol. The van der Waals surface area contributed by atoms with E-state index in [-0.39, 0.29) is 41.8 Å². The second-order valence-electron chi connectivity index (χ2n) is 5.01. The summed E-state index contributed by atoms with van der Waals surface area (Å²) in [6, 6.07) is 4.41. The number of halogens is 1. The van der Waals surface area contributed by atoms with Crippen molar-refractivity contribution in [3.8, 4) is 0 Å². The van der Waals surface area contributed by atoms with Gasteiger partial charge >= 0.3 is 0 Å². The first kappa shape index (κ1) is 17.2. The predicted molar refractivity (Wildman–Crippen MR) is 82.7 cm³/mol. The van der Waals surface area contributed by atoms with Crippen LogP contribution in [-0.4, -0.2) is 40.9 Å². The number of nitrogens with two attached hydrogens (primary N) is 1. The van der Waals surface area contributed by atoms with E-state index in [4.69, 9.17) is 5.73 Å². The standard InChI is InChI=1S/C13H18N4O3.ClH/c1-8-9(2)16(6-5-15-8)13(18)10-3-4-11(14)12(7-10)17(19)20;/h3-4,7-9,15H,5-6,14H2,1-2H3;1H. The van der Waals surface area contributed by atoms with E-state index in [2.05, 4.69) is 5.32 Å². The number of piperazine rings is 1. The molecule has 2 unspecified atom stereocenters. The fourth-order valence-electron chi connectivity index (χ4n) is 2.34. The number of nitrogens with zero attached hydrogens (tertiary/aromatic N) is 2. The molecule has 3 N–H and O–H groups in total. The van der Waals surface area contributed by atoms with Crippen LogP contribution in [0.2, 0.25) is 0 Å². The van der Waals surface area contributed by atoms with Crippen LogP contribution in [0.5, 0.6) is 0 Å². The lowest BCUT2D eigenvalue weighted by Gasteiger charge is -2.38. The maximum absolute atomic E-state index is 12.5. The number of carbonyl (C=O) groups is 1. The molecule has 0 saturated carbocycles. The maximum Gasteiger partial charge on any atom is 0.292 e. The summed E-state index contributed by atoms with van der Waals surface area (Å²) >= 11 is 0. The zero-order valence-corrected chi connectivity index (χ0v) is 12.7. The Labute approximate surface area is 129 Å². The molecule has 2 atom stereocenters. The summed E-state index contributed by atoms with van der Waals surface area (Å²) in [7, 11) is 0. The van der Waals surface area contributed by atoms with Gasteiger partial charge in [0.15, 0.2) is 0 Å². The first-order chi connectivity index (χ1) is 9.41. The van der Waals surface area contributed by atoms with Gasteiger partial charge in [-0.1, -0.05) is 0 Å². The molecule has 0 aliphatic carbocycles. The first-order valence-electron chi connectivity index (χ1n) is 6.50. The molecule has 0 radical (unpaired) electrons. The number of nitrogens with one attached hydrogen (secondary N) is 1. The highest BCUT2D eigenvalue weighted by Crippen LogP contribution is 2.24. The van der Waals surface area contributed by atoms with Crippen LogP contribution in [0.1, 0.15) is 24.2 Å². The minimum atomic E-state index is -0.573. The van der Waals surface area contributed by atoms with Crippen LogP contribution in [0, 0.1) is 10.1 Å². The van der Waals surface area contributed by atoms with Gasteiger partial charge in [-0.3, -0.25) is 14.9 Å². The summed E-state index contributed by atoms with van der Waals surface area (Å²) in [6.45, 7) is 5.27. The number of benzene rings is 1. The number of hydrogen-bond donors (Lipinski definition) is 2. The third-order valence-corrected chi connectivity index (χ3v) is 3.77. The Morgan fingerprint density at radius 1 is 1.48 bits per heavy atom. The van der Waals surface area contributed by atoms with E-state index in [1.54, 1.807) is 4.90 Å². The number of hydrogen-bond acceptors (Lipinski definition) is 5. The molecule has 2 rings (SSSR count). The van der Waals surface area contributed by atoms with E-state index in [1.165, 1.54) is 18.2 Å². The molecule has 21 heavy (non-hydrogen) atoms. The van der Waals surface area contributed by atoms with Crippen molar-refractivity contribution in [2.75, 3.05) is 18.8 Å². The lowest BCUT2D eigenvalue weighted by molar-refractivity contribution is -0.383. The minimum absolute atomic E-state index is 0. The van der Waals surface area contributed by atoms with E-state index in [0.29, 0.717) is 18.7 Å². The van der Waals surface area contributed by atoms with Gasteiger partial charge in [-0.05, 0) is 26.0 Å². The molecule has 7 nitrogen and oxygen atoms in total. The van der Waals surface area contributed by atoms with Crippen LogP contribution >= 0.6 is 12.4 Å². The SMILES string of the molecule is CC1NCCN(C(=O)c2ccc(N)c([N+](=O)[O-])c2)C1C.Cl. The molecule has 1 saturated heterocycles. The molecule has 0 spiro atoms. The van der Waals surface area contributed by atoms with Gasteiger partial charge in [-0.2, -0.15) is 0 Å². The zero-order chi connectivity index (χ0) is 14.9. The second-order valence-corrected chi connectivity index (χ2v) is 5.01. The maximum atomic E-state index is 12.5. The molecule has 1 fully saturated rings. The molecule has 1 heterocycles. The topological polar surface area (TPSA) is 102 Å². The number of amides is 1. The molecule has 1 aliphatic rings. The summed E-state index contributed by atoms with van der Waals surface area (Å²) in [4.78, 5) is 24.5. The molecule has 116 valence electrons. The second kappa shape index (κ2) is 6.73. The Kier molecular flexibility index (Phi) is 5.51. The van der Waals surface area contributed by atoms with Crippen LogP contribution in [0.25, 0.3) is 0 Å². The van der Waals surface area contributed by atoms with Crippen LogP contribution < -0.4 is 11.1 Å². The van der Waals surface area contributed by atoms with Gasteiger partial charge in [0, 0.05) is 36.8 Å². The summed E-state index contributed by atoms with van der Waals surface area (Å²) in [5.74, 6) is -0.200. The minimum Gasteiger partial charge on any atom is -0.393 e. The van der Waals surface area contributed by atoms with Gasteiger partial charge in [0.25, 0.3) is 11.6 Å². The number of nitro benzene ring substituents is 1. The van der Waals surface area contributed by atoms with Gasteiger partial charge in [0.05, 0.1) is 4.92 Å². The van der Waals surface area contributed by atoms with E-state index in [0.717, 1.165) is 0 Å². The van der Waals surface area contributed by atoms with Crippen molar-refractivity contribution in [3.05, 3.63) is 33.9 Å². The third kappa shape index (κ3) is 3.43. The lowest BCUT2D eigenvalue weighted by atomic mass is 10.0. The summed E-state index contributed by atoms with van der Waals surface area (Å²) in [5.41, 5.74) is 5.67.